The number of aromatic hydroxyl groups is 1. The molecule has 32 heavy (non-hydrogen) atoms. The highest BCUT2D eigenvalue weighted by Gasteiger charge is 2.40. The van der Waals surface area contributed by atoms with Gasteiger partial charge in [-0.2, -0.15) is 0 Å². The van der Waals surface area contributed by atoms with E-state index in [1.54, 1.807) is 12.1 Å². The van der Waals surface area contributed by atoms with E-state index < -0.39 is 46.6 Å². The van der Waals surface area contributed by atoms with Crippen molar-refractivity contribution in [3.8, 4) is 5.75 Å². The zero-order valence-electron chi connectivity index (χ0n) is 17.2. The number of aromatic nitrogens is 1. The molecule has 1 aromatic heterocycles. The summed E-state index contributed by atoms with van der Waals surface area (Å²) in [6.45, 7) is -0.0910. The van der Waals surface area contributed by atoms with Gasteiger partial charge in [0.2, 0.25) is 5.43 Å². The quantitative estimate of drug-likeness (QED) is 0.628. The molecule has 170 valence electrons. The average molecular weight is 465 g/mol. The summed E-state index contributed by atoms with van der Waals surface area (Å²) in [7, 11) is 1.56. The first-order valence-corrected chi connectivity index (χ1v) is 10.5. The Bertz CT molecular complexity index is 1150. The molecule has 1 fully saturated rings. The van der Waals surface area contributed by atoms with Gasteiger partial charge in [-0.25, -0.2) is 4.39 Å². The van der Waals surface area contributed by atoms with Crippen LogP contribution >= 0.6 is 11.6 Å². The highest BCUT2D eigenvalue weighted by Crippen LogP contribution is 2.28. The van der Waals surface area contributed by atoms with E-state index in [9.17, 15) is 29.0 Å². The van der Waals surface area contributed by atoms with Crippen LogP contribution in [0.25, 0.3) is 0 Å². The minimum absolute atomic E-state index is 0.100. The lowest BCUT2D eigenvalue weighted by molar-refractivity contribution is 0.0612. The van der Waals surface area contributed by atoms with Gasteiger partial charge in [0.25, 0.3) is 11.8 Å². The molecule has 3 N–H and O–H groups in total. The van der Waals surface area contributed by atoms with Crippen LogP contribution in [-0.2, 0) is 6.54 Å². The molecular weight excluding hydrogens is 443 g/mol. The van der Waals surface area contributed by atoms with Gasteiger partial charge >= 0.3 is 0 Å². The molecule has 0 aliphatic carbocycles. The van der Waals surface area contributed by atoms with Crippen LogP contribution in [0.1, 0.15) is 45.7 Å². The van der Waals surface area contributed by atoms with Crippen LogP contribution in [0.3, 0.4) is 0 Å². The fraction of sp³-hybridized carbons (Fsp3) is 0.381. The van der Waals surface area contributed by atoms with E-state index in [1.165, 1.54) is 34.0 Å². The summed E-state index contributed by atoms with van der Waals surface area (Å²) < 4.78 is 15.4. The number of nitrogens with one attached hydrogen (secondary N) is 1. The first-order chi connectivity index (χ1) is 15.2. The van der Waals surface area contributed by atoms with E-state index in [4.69, 9.17) is 11.6 Å². The third kappa shape index (κ3) is 3.69. The van der Waals surface area contributed by atoms with Crippen molar-refractivity contribution >= 4 is 23.4 Å². The predicted molar refractivity (Wildman–Crippen MR) is 114 cm³/mol. The molecular formula is C21H22ClFN4O5. The van der Waals surface area contributed by atoms with E-state index in [-0.39, 0.29) is 29.4 Å². The van der Waals surface area contributed by atoms with Gasteiger partial charge in [-0.15, -0.1) is 0 Å². The number of pyridine rings is 1. The Morgan fingerprint density at radius 3 is 2.81 bits per heavy atom. The van der Waals surface area contributed by atoms with Crippen LogP contribution < -0.4 is 15.8 Å². The smallest absolute Gasteiger partial charge is 0.277 e. The fourth-order valence-corrected chi connectivity index (χ4v) is 4.34. The molecule has 4 rings (SSSR count). The van der Waals surface area contributed by atoms with Crippen molar-refractivity contribution < 1.29 is 24.2 Å². The number of aliphatic hydroxyl groups excluding tert-OH is 1. The second kappa shape index (κ2) is 8.44. The topological polar surface area (TPSA) is 115 Å². The molecule has 1 saturated heterocycles. The van der Waals surface area contributed by atoms with Gasteiger partial charge in [0.15, 0.2) is 11.4 Å². The van der Waals surface area contributed by atoms with E-state index >= 15 is 0 Å². The van der Waals surface area contributed by atoms with Crippen molar-refractivity contribution in [2.75, 3.05) is 18.6 Å². The lowest BCUT2D eigenvalue weighted by Crippen LogP contribution is -2.61. The van der Waals surface area contributed by atoms with E-state index in [0.29, 0.717) is 19.3 Å². The number of halogens is 2. The lowest BCUT2D eigenvalue weighted by Gasteiger charge is -2.44. The van der Waals surface area contributed by atoms with Crippen molar-refractivity contribution in [1.29, 1.82) is 0 Å². The van der Waals surface area contributed by atoms with Crippen LogP contribution in [0.2, 0.25) is 5.02 Å². The summed E-state index contributed by atoms with van der Waals surface area (Å²) in [4.78, 5) is 39.7. The first-order valence-electron chi connectivity index (χ1n) is 10.1. The molecule has 2 amide bonds. The van der Waals surface area contributed by atoms with E-state index in [0.717, 1.165) is 0 Å². The van der Waals surface area contributed by atoms with Crippen LogP contribution in [0.4, 0.5) is 4.39 Å². The number of amides is 2. The second-order valence-corrected chi connectivity index (χ2v) is 8.32. The fourth-order valence-electron chi connectivity index (χ4n) is 4.15. The standard InChI is InChI=1S/C21H22ClFN4O5/c1-25-15-7-3-5-12(28)9-26(15)27-10-13(18(29)19(30)17(27)21(25)32)20(31)24-8-11-4-2-6-14(22)16(11)23/h2,4,6,10,12,15,28,30H,3,5,7-9H2,1H3,(H,24,31)/t12-,15-/m0/s1. The molecule has 0 unspecified atom stereocenters. The molecule has 11 heteroatoms. The SMILES string of the molecule is CN1C(=O)c2c(O)c(=O)c(C(=O)NCc3cccc(Cl)c3F)cn2N2C[C@@H](O)CCC[C@@H]12. The number of hydrogen-bond acceptors (Lipinski definition) is 6. The van der Waals surface area contributed by atoms with E-state index in [2.05, 4.69) is 5.32 Å². The third-order valence-electron chi connectivity index (χ3n) is 5.87. The van der Waals surface area contributed by atoms with Crippen molar-refractivity contribution in [2.24, 2.45) is 0 Å². The third-order valence-corrected chi connectivity index (χ3v) is 6.16. The van der Waals surface area contributed by atoms with Crippen molar-refractivity contribution in [3.63, 3.8) is 0 Å². The van der Waals surface area contributed by atoms with Gasteiger partial charge in [0, 0.05) is 25.4 Å². The minimum Gasteiger partial charge on any atom is -0.502 e. The number of rotatable bonds is 3. The zero-order valence-corrected chi connectivity index (χ0v) is 18.0. The van der Waals surface area contributed by atoms with Crippen LogP contribution in [0.15, 0.2) is 29.2 Å². The Hall–Kier alpha value is -3.11. The number of fused-ring (bicyclic) bond motifs is 3. The average Bonchev–Trinajstić information content (AvgIpc) is 2.96. The highest BCUT2D eigenvalue weighted by molar-refractivity contribution is 6.30. The van der Waals surface area contributed by atoms with Crippen LogP contribution in [0, 0.1) is 5.82 Å². The maximum absolute atomic E-state index is 14.1. The summed E-state index contributed by atoms with van der Waals surface area (Å²) in [5.41, 5.74) is -1.58. The number of nitrogens with zero attached hydrogens (tertiary/aromatic N) is 3. The maximum Gasteiger partial charge on any atom is 0.277 e. The number of carbonyl (C=O) groups excluding carboxylic acids is 2. The molecule has 0 spiro atoms. The monoisotopic (exact) mass is 464 g/mol. The highest BCUT2D eigenvalue weighted by atomic mass is 35.5. The Balaban J connectivity index is 1.71. The number of carbonyl (C=O) groups is 2. The largest absolute Gasteiger partial charge is 0.502 e. The maximum atomic E-state index is 14.1. The molecule has 3 heterocycles. The van der Waals surface area contributed by atoms with Gasteiger partial charge in [-0.05, 0) is 25.3 Å². The van der Waals surface area contributed by atoms with Gasteiger partial charge in [-0.1, -0.05) is 23.7 Å². The van der Waals surface area contributed by atoms with Crippen molar-refractivity contribution in [2.45, 2.75) is 38.1 Å². The van der Waals surface area contributed by atoms with E-state index in [1.807, 2.05) is 0 Å². The summed E-state index contributed by atoms with van der Waals surface area (Å²) >= 11 is 5.75. The van der Waals surface area contributed by atoms with Gasteiger partial charge in [0.1, 0.15) is 17.5 Å². The molecule has 0 radical (unpaired) electrons. The van der Waals surface area contributed by atoms with Crippen molar-refractivity contribution in [1.82, 2.24) is 14.9 Å². The minimum atomic E-state index is -1.02. The van der Waals surface area contributed by atoms with Gasteiger partial charge < -0.3 is 20.4 Å². The Kier molecular flexibility index (Phi) is 5.83. The summed E-state index contributed by atoms with van der Waals surface area (Å²) in [6.07, 6.45) is 1.87. The second-order valence-electron chi connectivity index (χ2n) is 7.91. The summed E-state index contributed by atoms with van der Waals surface area (Å²) in [6, 6.07) is 4.34. The molecule has 9 nitrogen and oxygen atoms in total. The van der Waals surface area contributed by atoms with Gasteiger partial charge in [0.05, 0.1) is 17.7 Å². The number of benzene rings is 1. The van der Waals surface area contributed by atoms with Crippen LogP contribution in [0.5, 0.6) is 5.75 Å². The Morgan fingerprint density at radius 1 is 1.31 bits per heavy atom. The Labute approximate surface area is 187 Å². The molecule has 2 atom stereocenters. The molecule has 0 bridgehead atoms. The predicted octanol–water partition coefficient (Wildman–Crippen LogP) is 1.17. The molecule has 2 aliphatic heterocycles. The molecule has 1 aromatic carbocycles. The number of aliphatic hydroxyl groups is 1. The molecule has 2 aromatic rings. The summed E-state index contributed by atoms with van der Waals surface area (Å²) in [5.74, 6) is -2.96. The number of hydrogen-bond donors (Lipinski definition) is 3. The lowest BCUT2D eigenvalue weighted by atomic mass is 10.1. The van der Waals surface area contributed by atoms with Crippen molar-refractivity contribution in [3.05, 3.63) is 62.3 Å². The first kappa shape index (κ1) is 22.1. The normalized spacial score (nSPS) is 20.4. The van der Waals surface area contributed by atoms with Crippen LogP contribution in [-0.4, -0.2) is 57.5 Å². The molecule has 0 saturated carbocycles. The van der Waals surface area contributed by atoms with Gasteiger partial charge in [-0.3, -0.25) is 24.1 Å². The summed E-state index contributed by atoms with van der Waals surface area (Å²) in [5, 5.41) is 24.8. The Morgan fingerprint density at radius 2 is 2.06 bits per heavy atom. The zero-order chi connectivity index (χ0) is 23.2. The molecule has 2 aliphatic rings.